The Morgan fingerprint density at radius 1 is 1.11 bits per heavy atom. The van der Waals surface area contributed by atoms with E-state index in [0.29, 0.717) is 22.8 Å². The first kappa shape index (κ1) is 19.4. The largest absolute Gasteiger partial charge is 0.493 e. The molecule has 3 aromatic rings. The maximum absolute atomic E-state index is 12.5. The molecule has 1 heterocycles. The van der Waals surface area contributed by atoms with Crippen molar-refractivity contribution in [2.24, 2.45) is 5.10 Å². The first-order valence-electron chi connectivity index (χ1n) is 9.02. The Balaban J connectivity index is 1.80. The lowest BCUT2D eigenvalue weighted by Gasteiger charge is -2.09. The molecule has 7 nitrogen and oxygen atoms in total. The van der Waals surface area contributed by atoms with Crippen LogP contribution in [0.4, 0.5) is 0 Å². The molecule has 0 bridgehead atoms. The van der Waals surface area contributed by atoms with Gasteiger partial charge in [0.25, 0.3) is 5.91 Å². The van der Waals surface area contributed by atoms with Gasteiger partial charge in [0.2, 0.25) is 0 Å². The van der Waals surface area contributed by atoms with E-state index in [-0.39, 0.29) is 5.91 Å². The number of ether oxygens (including phenoxy) is 2. The summed E-state index contributed by atoms with van der Waals surface area (Å²) in [6, 6.07) is 11.0. The minimum absolute atomic E-state index is 0.287. The van der Waals surface area contributed by atoms with Gasteiger partial charge in [-0.1, -0.05) is 0 Å². The van der Waals surface area contributed by atoms with Crippen molar-refractivity contribution < 1.29 is 14.3 Å². The van der Waals surface area contributed by atoms with Gasteiger partial charge >= 0.3 is 0 Å². The quantitative estimate of drug-likeness (QED) is 0.524. The summed E-state index contributed by atoms with van der Waals surface area (Å²) in [4.78, 5) is 17.0. The molecule has 28 heavy (non-hydrogen) atoms. The highest BCUT2D eigenvalue weighted by atomic mass is 16.5. The standard InChI is InChI=1S/C21H24N4O3/c1-6-25-14(3)22-17-11-16(7-9-18(17)25)21(26)24-23-13(2)15-8-10-19(27-4)20(12-15)28-5/h7-12H,6H2,1-5H3,(H,24,26)/b23-13+. The predicted molar refractivity (Wildman–Crippen MR) is 109 cm³/mol. The number of benzene rings is 2. The molecule has 0 aliphatic rings. The fraction of sp³-hybridized carbons (Fsp3) is 0.286. The number of hydrogen-bond acceptors (Lipinski definition) is 5. The summed E-state index contributed by atoms with van der Waals surface area (Å²) in [7, 11) is 3.16. The number of fused-ring (bicyclic) bond motifs is 1. The molecule has 0 atom stereocenters. The van der Waals surface area contributed by atoms with E-state index in [0.717, 1.165) is 29.0 Å². The number of amides is 1. The number of nitrogens with one attached hydrogen (secondary N) is 1. The Morgan fingerprint density at radius 3 is 2.50 bits per heavy atom. The first-order valence-corrected chi connectivity index (χ1v) is 9.02. The van der Waals surface area contributed by atoms with Crippen LogP contribution < -0.4 is 14.9 Å². The van der Waals surface area contributed by atoms with Crippen molar-refractivity contribution in [1.82, 2.24) is 15.0 Å². The zero-order valence-electron chi connectivity index (χ0n) is 16.7. The molecule has 0 fully saturated rings. The molecule has 0 unspecified atom stereocenters. The third-order valence-electron chi connectivity index (χ3n) is 4.64. The van der Waals surface area contributed by atoms with Gasteiger partial charge in [0.05, 0.1) is 31.0 Å². The summed E-state index contributed by atoms with van der Waals surface area (Å²) in [6.45, 7) is 6.68. The highest BCUT2D eigenvalue weighted by Crippen LogP contribution is 2.27. The second kappa shape index (κ2) is 8.12. The molecule has 1 amide bonds. The molecule has 1 aromatic heterocycles. The molecule has 0 radical (unpaired) electrons. The van der Waals surface area contributed by atoms with Gasteiger partial charge in [-0.05, 0) is 57.2 Å². The van der Waals surface area contributed by atoms with Gasteiger partial charge in [0.1, 0.15) is 5.82 Å². The molecule has 0 aliphatic carbocycles. The number of carbonyl (C=O) groups excluding carboxylic acids is 1. The van der Waals surface area contributed by atoms with Gasteiger partial charge in [-0.3, -0.25) is 4.79 Å². The van der Waals surface area contributed by atoms with Gasteiger partial charge in [0, 0.05) is 17.7 Å². The number of nitrogens with zero attached hydrogens (tertiary/aromatic N) is 3. The fourth-order valence-corrected chi connectivity index (χ4v) is 3.12. The van der Waals surface area contributed by atoms with Crippen molar-refractivity contribution in [3.05, 3.63) is 53.3 Å². The number of hydrogen-bond donors (Lipinski definition) is 1. The summed E-state index contributed by atoms with van der Waals surface area (Å²) < 4.78 is 12.7. The van der Waals surface area contributed by atoms with Crippen LogP contribution in [0.1, 0.15) is 35.6 Å². The van der Waals surface area contributed by atoms with E-state index in [1.165, 1.54) is 0 Å². The second-order valence-corrected chi connectivity index (χ2v) is 6.31. The summed E-state index contributed by atoms with van der Waals surface area (Å²) in [6.07, 6.45) is 0. The number of imidazole rings is 1. The van der Waals surface area contributed by atoms with Gasteiger partial charge < -0.3 is 14.0 Å². The molecule has 2 aromatic carbocycles. The maximum atomic E-state index is 12.5. The molecule has 0 aliphatic heterocycles. The van der Waals surface area contributed by atoms with Gasteiger partial charge in [-0.15, -0.1) is 0 Å². The molecule has 0 spiro atoms. The summed E-state index contributed by atoms with van der Waals surface area (Å²) >= 11 is 0. The molecule has 3 rings (SSSR count). The lowest BCUT2D eigenvalue weighted by molar-refractivity contribution is 0.0955. The zero-order chi connectivity index (χ0) is 20.3. The molecular formula is C21H24N4O3. The van der Waals surface area contributed by atoms with Crippen LogP contribution in [-0.2, 0) is 6.54 Å². The third-order valence-corrected chi connectivity index (χ3v) is 4.64. The van der Waals surface area contributed by atoms with Crippen molar-refractivity contribution in [1.29, 1.82) is 0 Å². The van der Waals surface area contributed by atoms with Crippen LogP contribution in [0.2, 0.25) is 0 Å². The summed E-state index contributed by atoms with van der Waals surface area (Å²) in [5.74, 6) is 1.88. The molecular weight excluding hydrogens is 356 g/mol. The van der Waals surface area contributed by atoms with E-state index in [1.54, 1.807) is 32.4 Å². The lowest BCUT2D eigenvalue weighted by Crippen LogP contribution is -2.19. The van der Waals surface area contributed by atoms with Gasteiger partial charge in [0.15, 0.2) is 11.5 Å². The number of methoxy groups -OCH3 is 2. The van der Waals surface area contributed by atoms with Crippen LogP contribution in [0.15, 0.2) is 41.5 Å². The fourth-order valence-electron chi connectivity index (χ4n) is 3.12. The van der Waals surface area contributed by atoms with Crippen molar-refractivity contribution in [2.75, 3.05) is 14.2 Å². The van der Waals surface area contributed by atoms with Crippen LogP contribution in [-0.4, -0.2) is 35.4 Å². The van der Waals surface area contributed by atoms with Crippen LogP contribution in [0.25, 0.3) is 11.0 Å². The molecule has 146 valence electrons. The van der Waals surface area contributed by atoms with E-state index in [9.17, 15) is 4.79 Å². The first-order chi connectivity index (χ1) is 13.5. The minimum Gasteiger partial charge on any atom is -0.493 e. The Hall–Kier alpha value is -3.35. The number of aryl methyl sites for hydroxylation is 2. The van der Waals surface area contributed by atoms with E-state index >= 15 is 0 Å². The Bertz CT molecular complexity index is 1050. The Labute approximate surface area is 164 Å². The van der Waals surface area contributed by atoms with Crippen LogP contribution in [0, 0.1) is 6.92 Å². The van der Waals surface area contributed by atoms with Crippen molar-refractivity contribution in [2.45, 2.75) is 27.3 Å². The predicted octanol–water partition coefficient (Wildman–Crippen LogP) is 3.54. The third kappa shape index (κ3) is 3.69. The van der Waals surface area contributed by atoms with E-state index in [1.807, 2.05) is 32.0 Å². The van der Waals surface area contributed by atoms with Crippen molar-refractivity contribution in [3.63, 3.8) is 0 Å². The average molecular weight is 380 g/mol. The monoisotopic (exact) mass is 380 g/mol. The smallest absolute Gasteiger partial charge is 0.271 e. The minimum atomic E-state index is -0.287. The SMILES string of the molecule is CCn1c(C)nc2cc(C(=O)N/N=C(\C)c3ccc(OC)c(OC)c3)ccc21. The van der Waals surface area contributed by atoms with E-state index < -0.39 is 0 Å². The molecule has 7 heteroatoms. The van der Waals surface area contributed by atoms with Crippen LogP contribution in [0.3, 0.4) is 0 Å². The summed E-state index contributed by atoms with van der Waals surface area (Å²) in [5, 5.41) is 4.22. The Morgan fingerprint density at radius 2 is 1.82 bits per heavy atom. The number of aromatic nitrogens is 2. The van der Waals surface area contributed by atoms with Crippen LogP contribution >= 0.6 is 0 Å². The van der Waals surface area contributed by atoms with E-state index in [4.69, 9.17) is 9.47 Å². The van der Waals surface area contributed by atoms with Crippen molar-refractivity contribution in [3.8, 4) is 11.5 Å². The number of carbonyl (C=O) groups is 1. The van der Waals surface area contributed by atoms with Gasteiger partial charge in [-0.2, -0.15) is 5.10 Å². The average Bonchev–Trinajstić information content (AvgIpc) is 3.04. The van der Waals surface area contributed by atoms with Gasteiger partial charge in [-0.25, -0.2) is 10.4 Å². The number of rotatable bonds is 6. The highest BCUT2D eigenvalue weighted by Gasteiger charge is 2.11. The highest BCUT2D eigenvalue weighted by molar-refractivity contribution is 6.02. The second-order valence-electron chi connectivity index (χ2n) is 6.31. The molecule has 0 saturated carbocycles. The molecule has 0 saturated heterocycles. The normalized spacial score (nSPS) is 11.5. The van der Waals surface area contributed by atoms with Crippen LogP contribution in [0.5, 0.6) is 11.5 Å². The lowest BCUT2D eigenvalue weighted by atomic mass is 10.1. The Kier molecular flexibility index (Phi) is 5.63. The maximum Gasteiger partial charge on any atom is 0.271 e. The topological polar surface area (TPSA) is 77.7 Å². The zero-order valence-corrected chi connectivity index (χ0v) is 16.7. The van der Waals surface area contributed by atoms with Crippen molar-refractivity contribution >= 4 is 22.7 Å². The summed E-state index contributed by atoms with van der Waals surface area (Å²) in [5.41, 5.74) is 6.41. The number of hydrazone groups is 1. The van der Waals surface area contributed by atoms with E-state index in [2.05, 4.69) is 27.0 Å². The molecule has 1 N–H and O–H groups in total.